The molecule has 0 N–H and O–H groups in total. The molecule has 28 heavy (non-hydrogen) atoms. The zero-order valence-corrected chi connectivity index (χ0v) is 17.5. The summed E-state index contributed by atoms with van der Waals surface area (Å²) in [5.41, 5.74) is 3.79. The zero-order chi connectivity index (χ0) is 19.5. The van der Waals surface area contributed by atoms with Gasteiger partial charge in [0.15, 0.2) is 0 Å². The van der Waals surface area contributed by atoms with Crippen molar-refractivity contribution in [2.75, 3.05) is 51.3 Å². The van der Waals surface area contributed by atoms with Crippen LogP contribution in [-0.2, 0) is 0 Å². The fourth-order valence-corrected chi connectivity index (χ4v) is 5.08. The van der Waals surface area contributed by atoms with Crippen LogP contribution < -0.4 is 9.64 Å². The van der Waals surface area contributed by atoms with Crippen molar-refractivity contribution in [2.24, 2.45) is 0 Å². The van der Waals surface area contributed by atoms with Crippen LogP contribution in [0.4, 0.5) is 5.69 Å². The van der Waals surface area contributed by atoms with Gasteiger partial charge in [-0.05, 0) is 31.9 Å². The largest absolute Gasteiger partial charge is 0.495 e. The van der Waals surface area contributed by atoms with Gasteiger partial charge in [0.2, 0.25) is 0 Å². The first-order chi connectivity index (χ1) is 13.7. The third-order valence-corrected chi connectivity index (χ3v) is 6.80. The Bertz CT molecular complexity index is 816. The van der Waals surface area contributed by atoms with Gasteiger partial charge in [0.1, 0.15) is 10.6 Å². The van der Waals surface area contributed by atoms with Crippen molar-refractivity contribution in [1.29, 1.82) is 0 Å². The molecule has 2 saturated heterocycles. The number of methoxy groups -OCH3 is 1. The maximum Gasteiger partial charge on any atom is 0.265 e. The molecule has 0 radical (unpaired) electrons. The van der Waals surface area contributed by atoms with Crippen LogP contribution in [0.15, 0.2) is 29.8 Å². The second kappa shape index (κ2) is 8.49. The molecule has 1 aromatic carbocycles. The van der Waals surface area contributed by atoms with E-state index in [1.807, 2.05) is 24.0 Å². The minimum atomic E-state index is 0.150. The standard InChI is InChI=1S/C21H28N4O2S/c1-16-20(28-15-22-16)21(26)25-9-5-6-17(14-25)23-10-12-24(13-11-23)18-7-3-4-8-19(18)27-2/h3-4,7-8,15,17H,5-6,9-14H2,1-2H3/t17-/m0/s1. The molecule has 7 heteroatoms. The smallest absolute Gasteiger partial charge is 0.265 e. The van der Waals surface area contributed by atoms with Crippen LogP contribution in [0.1, 0.15) is 28.2 Å². The number of carbonyl (C=O) groups excluding carboxylic acids is 1. The molecule has 0 unspecified atom stereocenters. The monoisotopic (exact) mass is 400 g/mol. The van der Waals surface area contributed by atoms with E-state index in [4.69, 9.17) is 4.74 Å². The molecule has 3 heterocycles. The molecule has 2 aliphatic rings. The van der Waals surface area contributed by atoms with Gasteiger partial charge in [0.25, 0.3) is 5.91 Å². The van der Waals surface area contributed by atoms with Gasteiger partial charge in [-0.25, -0.2) is 4.98 Å². The number of ether oxygens (including phenoxy) is 1. The van der Waals surface area contributed by atoms with Gasteiger partial charge in [-0.3, -0.25) is 9.69 Å². The summed E-state index contributed by atoms with van der Waals surface area (Å²) in [7, 11) is 1.73. The lowest BCUT2D eigenvalue weighted by atomic mass is 10.0. The molecule has 2 fully saturated rings. The molecule has 0 aliphatic carbocycles. The van der Waals surface area contributed by atoms with E-state index < -0.39 is 0 Å². The quantitative estimate of drug-likeness (QED) is 0.790. The molecule has 0 bridgehead atoms. The van der Waals surface area contributed by atoms with Crippen LogP contribution in [0.25, 0.3) is 0 Å². The number of nitrogens with zero attached hydrogens (tertiary/aromatic N) is 4. The molecular weight excluding hydrogens is 372 g/mol. The number of thiazole rings is 1. The van der Waals surface area contributed by atoms with Crippen LogP contribution in [-0.4, -0.2) is 73.1 Å². The first-order valence-electron chi connectivity index (χ1n) is 9.98. The second-order valence-corrected chi connectivity index (χ2v) is 8.36. The van der Waals surface area contributed by atoms with Gasteiger partial charge in [-0.1, -0.05) is 12.1 Å². The summed E-state index contributed by atoms with van der Waals surface area (Å²) in [6.45, 7) is 7.60. The van der Waals surface area contributed by atoms with Crippen LogP contribution in [0.2, 0.25) is 0 Å². The Morgan fingerprint density at radius 2 is 1.96 bits per heavy atom. The van der Waals surface area contributed by atoms with Gasteiger partial charge in [0.05, 0.1) is 24.0 Å². The van der Waals surface area contributed by atoms with E-state index in [2.05, 4.69) is 26.9 Å². The fourth-order valence-electron chi connectivity index (χ4n) is 4.31. The van der Waals surface area contributed by atoms with Crippen LogP contribution in [0.5, 0.6) is 5.75 Å². The number of piperidine rings is 1. The predicted octanol–water partition coefficient (Wildman–Crippen LogP) is 2.89. The molecule has 1 atom stereocenters. The number of aryl methyl sites for hydroxylation is 1. The van der Waals surface area contributed by atoms with E-state index in [-0.39, 0.29) is 5.91 Å². The summed E-state index contributed by atoms with van der Waals surface area (Å²) in [5, 5.41) is 0. The number of benzene rings is 1. The minimum Gasteiger partial charge on any atom is -0.495 e. The van der Waals surface area contributed by atoms with E-state index in [0.29, 0.717) is 6.04 Å². The van der Waals surface area contributed by atoms with E-state index in [1.54, 1.807) is 12.6 Å². The van der Waals surface area contributed by atoms with Crippen molar-refractivity contribution in [2.45, 2.75) is 25.8 Å². The summed E-state index contributed by atoms with van der Waals surface area (Å²) in [6, 6.07) is 8.68. The Labute approximate surface area is 170 Å². The van der Waals surface area contributed by atoms with Crippen molar-refractivity contribution in [3.8, 4) is 5.75 Å². The molecule has 2 aromatic rings. The molecule has 2 aliphatic heterocycles. The maximum atomic E-state index is 12.9. The van der Waals surface area contributed by atoms with E-state index in [1.165, 1.54) is 23.4 Å². The number of carbonyl (C=O) groups is 1. The summed E-state index contributed by atoms with van der Waals surface area (Å²) in [6.07, 6.45) is 2.24. The Balaban J connectivity index is 1.37. The molecule has 0 spiro atoms. The molecular formula is C21H28N4O2S. The van der Waals surface area contributed by atoms with Crippen molar-refractivity contribution in [1.82, 2.24) is 14.8 Å². The maximum absolute atomic E-state index is 12.9. The first kappa shape index (κ1) is 19.2. The van der Waals surface area contributed by atoms with Gasteiger partial charge in [0, 0.05) is 45.3 Å². The average molecular weight is 401 g/mol. The second-order valence-electron chi connectivity index (χ2n) is 7.51. The van der Waals surface area contributed by atoms with Gasteiger partial charge < -0.3 is 14.5 Å². The summed E-state index contributed by atoms with van der Waals surface area (Å²) in [5.74, 6) is 1.09. The SMILES string of the molecule is COc1ccccc1N1CCN([C@H]2CCCN(C(=O)c3scnc3C)C2)CC1. The molecule has 4 rings (SSSR count). The number of likely N-dealkylation sites (tertiary alicyclic amines) is 1. The summed E-state index contributed by atoms with van der Waals surface area (Å²) < 4.78 is 5.52. The highest BCUT2D eigenvalue weighted by Gasteiger charge is 2.31. The molecule has 1 amide bonds. The number of hydrogen-bond donors (Lipinski definition) is 0. The third kappa shape index (κ3) is 3.86. The molecule has 1 aromatic heterocycles. The van der Waals surface area contributed by atoms with Crippen molar-refractivity contribution in [3.63, 3.8) is 0 Å². The third-order valence-electron chi connectivity index (χ3n) is 5.88. The average Bonchev–Trinajstić information content (AvgIpc) is 3.19. The lowest BCUT2D eigenvalue weighted by Crippen LogP contribution is -2.55. The van der Waals surface area contributed by atoms with Gasteiger partial charge in [-0.15, -0.1) is 11.3 Å². The predicted molar refractivity (Wildman–Crippen MR) is 113 cm³/mol. The normalized spacial score (nSPS) is 21.0. The fraction of sp³-hybridized carbons (Fsp3) is 0.524. The van der Waals surface area contributed by atoms with Crippen molar-refractivity contribution >= 4 is 22.9 Å². The molecule has 150 valence electrons. The first-order valence-corrected chi connectivity index (χ1v) is 10.9. The lowest BCUT2D eigenvalue weighted by molar-refractivity contribution is 0.0567. The number of para-hydroxylation sites is 2. The summed E-state index contributed by atoms with van der Waals surface area (Å²) >= 11 is 1.46. The van der Waals surface area contributed by atoms with E-state index in [0.717, 1.165) is 62.0 Å². The van der Waals surface area contributed by atoms with Gasteiger partial charge in [-0.2, -0.15) is 0 Å². The van der Waals surface area contributed by atoms with E-state index in [9.17, 15) is 4.79 Å². The van der Waals surface area contributed by atoms with Crippen molar-refractivity contribution in [3.05, 3.63) is 40.3 Å². The number of hydrogen-bond acceptors (Lipinski definition) is 6. The summed E-state index contributed by atoms with van der Waals surface area (Å²) in [4.78, 5) is 24.9. The number of amides is 1. The number of piperazine rings is 1. The highest BCUT2D eigenvalue weighted by Crippen LogP contribution is 2.29. The highest BCUT2D eigenvalue weighted by atomic mass is 32.1. The Kier molecular flexibility index (Phi) is 5.82. The minimum absolute atomic E-state index is 0.150. The van der Waals surface area contributed by atoms with Crippen LogP contribution in [0, 0.1) is 6.92 Å². The van der Waals surface area contributed by atoms with Crippen LogP contribution >= 0.6 is 11.3 Å². The van der Waals surface area contributed by atoms with Crippen molar-refractivity contribution < 1.29 is 9.53 Å². The highest BCUT2D eigenvalue weighted by molar-refractivity contribution is 7.11. The molecule has 0 saturated carbocycles. The Morgan fingerprint density at radius 3 is 2.68 bits per heavy atom. The number of rotatable bonds is 4. The Hall–Kier alpha value is -2.12. The number of anilines is 1. The van der Waals surface area contributed by atoms with E-state index >= 15 is 0 Å². The van der Waals surface area contributed by atoms with Gasteiger partial charge >= 0.3 is 0 Å². The zero-order valence-electron chi connectivity index (χ0n) is 16.6. The molecule has 6 nitrogen and oxygen atoms in total. The lowest BCUT2D eigenvalue weighted by Gasteiger charge is -2.44. The topological polar surface area (TPSA) is 48.9 Å². The Morgan fingerprint density at radius 1 is 1.18 bits per heavy atom. The number of aromatic nitrogens is 1. The van der Waals surface area contributed by atoms with Crippen LogP contribution in [0.3, 0.4) is 0 Å².